The summed E-state index contributed by atoms with van der Waals surface area (Å²) in [6, 6.07) is 0. The zero-order chi connectivity index (χ0) is 11.9. The Balaban J connectivity index is 2.84. The van der Waals surface area contributed by atoms with Gasteiger partial charge in [0.1, 0.15) is 6.61 Å². The van der Waals surface area contributed by atoms with Gasteiger partial charge in [0.2, 0.25) is 0 Å². The third kappa shape index (κ3) is 2.10. The fourth-order valence-electron chi connectivity index (χ4n) is 1.85. The topological polar surface area (TPSA) is 75.5 Å². The standard InChI is InChI=1S/C9H15N2O4/c1-8(2)5-7(6-15-11(13)14)9(3,4)10(8)12/h5H,6H2,1-4H3. The van der Waals surface area contributed by atoms with Gasteiger partial charge in [0.15, 0.2) is 0 Å². The van der Waals surface area contributed by atoms with E-state index in [0.29, 0.717) is 5.57 Å². The summed E-state index contributed by atoms with van der Waals surface area (Å²) >= 11 is 0. The van der Waals surface area contributed by atoms with E-state index in [1.165, 1.54) is 0 Å². The highest BCUT2D eigenvalue weighted by Gasteiger charge is 2.46. The first-order valence-corrected chi connectivity index (χ1v) is 4.65. The van der Waals surface area contributed by atoms with Crippen molar-refractivity contribution in [1.29, 1.82) is 0 Å². The van der Waals surface area contributed by atoms with Crippen LogP contribution in [0.2, 0.25) is 0 Å². The Kier molecular flexibility index (Phi) is 2.75. The number of hydroxylamine groups is 2. The van der Waals surface area contributed by atoms with Crippen LogP contribution in [-0.2, 0) is 10.0 Å². The molecule has 0 N–H and O–H groups in total. The molecule has 0 bridgehead atoms. The van der Waals surface area contributed by atoms with Crippen LogP contribution in [0, 0.1) is 10.1 Å². The molecule has 0 unspecified atom stereocenters. The van der Waals surface area contributed by atoms with E-state index >= 15 is 0 Å². The lowest BCUT2D eigenvalue weighted by atomic mass is 9.97. The van der Waals surface area contributed by atoms with Gasteiger partial charge in [-0.05, 0) is 33.3 Å². The molecule has 6 nitrogen and oxygen atoms in total. The van der Waals surface area contributed by atoms with Gasteiger partial charge in [-0.1, -0.05) is 6.08 Å². The van der Waals surface area contributed by atoms with Gasteiger partial charge in [0, 0.05) is 0 Å². The Morgan fingerprint density at radius 3 is 2.33 bits per heavy atom. The van der Waals surface area contributed by atoms with Crippen molar-refractivity contribution in [3.63, 3.8) is 0 Å². The fourth-order valence-corrected chi connectivity index (χ4v) is 1.85. The van der Waals surface area contributed by atoms with Crippen LogP contribution < -0.4 is 0 Å². The van der Waals surface area contributed by atoms with Gasteiger partial charge in [-0.2, -0.15) is 0 Å². The second-order valence-corrected chi connectivity index (χ2v) is 4.67. The number of rotatable bonds is 3. The molecule has 0 saturated carbocycles. The van der Waals surface area contributed by atoms with Crippen LogP contribution in [0.15, 0.2) is 11.6 Å². The minimum absolute atomic E-state index is 0.151. The Bertz CT molecular complexity index is 309. The van der Waals surface area contributed by atoms with Gasteiger partial charge < -0.3 is 4.84 Å². The van der Waals surface area contributed by atoms with Gasteiger partial charge in [-0.25, -0.2) is 0 Å². The van der Waals surface area contributed by atoms with Crippen LogP contribution in [0.5, 0.6) is 0 Å². The van der Waals surface area contributed by atoms with Crippen molar-refractivity contribution in [2.75, 3.05) is 6.61 Å². The third-order valence-electron chi connectivity index (χ3n) is 2.67. The summed E-state index contributed by atoms with van der Waals surface area (Å²) in [5.74, 6) is 0. The monoisotopic (exact) mass is 215 g/mol. The second kappa shape index (κ2) is 3.46. The van der Waals surface area contributed by atoms with Gasteiger partial charge in [-0.3, -0.25) is 0 Å². The molecule has 1 radical (unpaired) electrons. The highest BCUT2D eigenvalue weighted by atomic mass is 16.9. The molecule has 15 heavy (non-hydrogen) atoms. The molecule has 0 aromatic rings. The van der Waals surface area contributed by atoms with E-state index in [1.54, 1.807) is 33.8 Å². The second-order valence-electron chi connectivity index (χ2n) is 4.67. The minimum Gasteiger partial charge on any atom is -0.309 e. The summed E-state index contributed by atoms with van der Waals surface area (Å²) in [4.78, 5) is 14.4. The average Bonchev–Trinajstić information content (AvgIpc) is 2.23. The van der Waals surface area contributed by atoms with Crippen LogP contribution in [0.4, 0.5) is 0 Å². The summed E-state index contributed by atoms with van der Waals surface area (Å²) in [5.41, 5.74) is -0.752. The van der Waals surface area contributed by atoms with Crippen molar-refractivity contribution in [2.45, 2.75) is 38.8 Å². The normalized spacial score (nSPS) is 23.7. The van der Waals surface area contributed by atoms with Crippen molar-refractivity contribution in [2.24, 2.45) is 0 Å². The summed E-state index contributed by atoms with van der Waals surface area (Å²) < 4.78 is 0. The Labute approximate surface area is 88.2 Å². The lowest BCUT2D eigenvalue weighted by molar-refractivity contribution is -0.755. The lowest BCUT2D eigenvalue weighted by Gasteiger charge is -2.33. The third-order valence-corrected chi connectivity index (χ3v) is 2.67. The molecule has 0 aromatic carbocycles. The molecule has 1 heterocycles. The maximum Gasteiger partial charge on any atom is 0.294 e. The van der Waals surface area contributed by atoms with Crippen LogP contribution in [0.1, 0.15) is 27.7 Å². The first-order valence-electron chi connectivity index (χ1n) is 4.65. The van der Waals surface area contributed by atoms with Crippen LogP contribution >= 0.6 is 0 Å². The first kappa shape index (κ1) is 11.9. The number of hydrogen-bond acceptors (Lipinski definition) is 4. The predicted molar refractivity (Wildman–Crippen MR) is 51.7 cm³/mol. The van der Waals surface area contributed by atoms with Crippen LogP contribution in [-0.4, -0.2) is 27.8 Å². The molecule has 0 aliphatic carbocycles. The predicted octanol–water partition coefficient (Wildman–Crippen LogP) is 1.34. The lowest BCUT2D eigenvalue weighted by Crippen LogP contribution is -2.47. The molecule has 85 valence electrons. The Morgan fingerprint density at radius 2 is 2.00 bits per heavy atom. The highest BCUT2D eigenvalue weighted by molar-refractivity contribution is 5.29. The summed E-state index contributed by atoms with van der Waals surface area (Å²) in [7, 11) is 0. The van der Waals surface area contributed by atoms with E-state index in [9.17, 15) is 15.3 Å². The van der Waals surface area contributed by atoms with Gasteiger partial charge in [0.25, 0.3) is 5.09 Å². The van der Waals surface area contributed by atoms with Crippen molar-refractivity contribution in [1.82, 2.24) is 5.06 Å². The van der Waals surface area contributed by atoms with Crippen LogP contribution in [0.3, 0.4) is 0 Å². The highest BCUT2D eigenvalue weighted by Crippen LogP contribution is 2.38. The van der Waals surface area contributed by atoms with Crippen molar-refractivity contribution < 1.29 is 15.1 Å². The largest absolute Gasteiger partial charge is 0.309 e. The smallest absolute Gasteiger partial charge is 0.294 e. The quantitative estimate of drug-likeness (QED) is 0.404. The molecule has 0 atom stereocenters. The molecular formula is C9H15N2O4. The zero-order valence-corrected chi connectivity index (χ0v) is 9.31. The summed E-state index contributed by atoms with van der Waals surface area (Å²) in [5, 5.41) is 22.0. The molecule has 0 amide bonds. The average molecular weight is 215 g/mol. The van der Waals surface area contributed by atoms with E-state index in [1.807, 2.05) is 0 Å². The Hall–Kier alpha value is -1.14. The molecule has 1 aliphatic rings. The van der Waals surface area contributed by atoms with Gasteiger partial charge in [-0.15, -0.1) is 20.4 Å². The van der Waals surface area contributed by atoms with Crippen molar-refractivity contribution in [3.05, 3.63) is 21.8 Å². The molecular weight excluding hydrogens is 200 g/mol. The van der Waals surface area contributed by atoms with E-state index in [2.05, 4.69) is 4.84 Å². The maximum absolute atomic E-state index is 11.8. The Morgan fingerprint density at radius 1 is 1.47 bits per heavy atom. The number of hydrogen-bond donors (Lipinski definition) is 0. The molecule has 0 spiro atoms. The molecule has 1 rings (SSSR count). The molecule has 1 aliphatic heterocycles. The molecule has 0 fully saturated rings. The summed E-state index contributed by atoms with van der Waals surface area (Å²) in [6.45, 7) is 6.83. The van der Waals surface area contributed by atoms with Crippen LogP contribution in [0.25, 0.3) is 0 Å². The molecule has 0 aromatic heterocycles. The maximum atomic E-state index is 11.8. The minimum atomic E-state index is -0.850. The van der Waals surface area contributed by atoms with E-state index < -0.39 is 16.2 Å². The van der Waals surface area contributed by atoms with Gasteiger partial charge >= 0.3 is 0 Å². The van der Waals surface area contributed by atoms with Gasteiger partial charge in [0.05, 0.1) is 11.1 Å². The van der Waals surface area contributed by atoms with E-state index in [4.69, 9.17) is 0 Å². The van der Waals surface area contributed by atoms with Crippen molar-refractivity contribution >= 4 is 0 Å². The fraction of sp³-hybridized carbons (Fsp3) is 0.778. The van der Waals surface area contributed by atoms with E-state index in [-0.39, 0.29) is 6.61 Å². The SMILES string of the molecule is CC1(C)C=C(CO[N+](=O)[O-])C(C)(C)N1[O]. The first-order chi connectivity index (χ1) is 6.68. The molecule has 0 saturated heterocycles. The number of nitrogens with zero attached hydrogens (tertiary/aromatic N) is 2. The summed E-state index contributed by atoms with van der Waals surface area (Å²) in [6.07, 6.45) is 1.73. The van der Waals surface area contributed by atoms with E-state index in [0.717, 1.165) is 5.06 Å². The zero-order valence-electron chi connectivity index (χ0n) is 9.31. The van der Waals surface area contributed by atoms with Crippen molar-refractivity contribution in [3.8, 4) is 0 Å². The molecule has 6 heteroatoms.